The van der Waals surface area contributed by atoms with Crippen LogP contribution in [0.2, 0.25) is 0 Å². The number of nitrogens with zero attached hydrogens (tertiary/aromatic N) is 1. The van der Waals surface area contributed by atoms with Gasteiger partial charge in [0, 0.05) is 25.1 Å². The van der Waals surface area contributed by atoms with Gasteiger partial charge in [0.15, 0.2) is 11.5 Å². The minimum Gasteiger partial charge on any atom is -0.490 e. The summed E-state index contributed by atoms with van der Waals surface area (Å²) in [7, 11) is -3.43. The molecule has 1 atom stereocenters. The molecule has 0 aliphatic carbocycles. The predicted molar refractivity (Wildman–Crippen MR) is 110 cm³/mol. The highest BCUT2D eigenvalue weighted by molar-refractivity contribution is 7.89. The molecule has 29 heavy (non-hydrogen) atoms. The smallest absolute Gasteiger partial charge is 0.310 e. The summed E-state index contributed by atoms with van der Waals surface area (Å²) in [6.45, 7) is 7.07. The standard InChI is InChI=1S/C21H31NO6S/c1-4-26-20(23)17-9-6-11-22(15-17)29(24,25)13-7-12-27-18-10-5-8-16-14-21(2,3)28-19(16)18/h5,8,10,17H,4,6-7,9,11-15H2,1-3H3. The van der Waals surface area contributed by atoms with E-state index in [4.69, 9.17) is 14.2 Å². The largest absolute Gasteiger partial charge is 0.490 e. The van der Waals surface area contributed by atoms with Crippen molar-refractivity contribution >= 4 is 16.0 Å². The second-order valence-corrected chi connectivity index (χ2v) is 10.3. The fraction of sp³-hybridized carbons (Fsp3) is 0.667. The van der Waals surface area contributed by atoms with Crippen LogP contribution in [0, 0.1) is 5.92 Å². The number of para-hydroxylation sites is 1. The Bertz CT molecular complexity index is 836. The zero-order valence-corrected chi connectivity index (χ0v) is 18.3. The summed E-state index contributed by atoms with van der Waals surface area (Å²) >= 11 is 0. The van der Waals surface area contributed by atoms with E-state index in [9.17, 15) is 13.2 Å². The van der Waals surface area contributed by atoms with Crippen LogP contribution in [0.25, 0.3) is 0 Å². The molecule has 2 heterocycles. The number of carbonyl (C=O) groups is 1. The Morgan fingerprint density at radius 2 is 2.14 bits per heavy atom. The molecule has 1 unspecified atom stereocenters. The van der Waals surface area contributed by atoms with Gasteiger partial charge in [-0.1, -0.05) is 12.1 Å². The predicted octanol–water partition coefficient (Wildman–Crippen LogP) is 2.77. The molecule has 7 nitrogen and oxygen atoms in total. The summed E-state index contributed by atoms with van der Waals surface area (Å²) in [6.07, 6.45) is 2.53. The molecule has 1 saturated heterocycles. The van der Waals surface area contributed by atoms with Crippen molar-refractivity contribution in [2.24, 2.45) is 5.92 Å². The van der Waals surface area contributed by atoms with Crippen LogP contribution >= 0.6 is 0 Å². The van der Waals surface area contributed by atoms with Crippen LogP contribution in [0.5, 0.6) is 11.5 Å². The average Bonchev–Trinajstić information content (AvgIpc) is 3.00. The van der Waals surface area contributed by atoms with Gasteiger partial charge in [0.1, 0.15) is 5.60 Å². The molecule has 0 amide bonds. The molecule has 0 bridgehead atoms. The van der Waals surface area contributed by atoms with Crippen LogP contribution in [-0.4, -0.2) is 56.3 Å². The fourth-order valence-electron chi connectivity index (χ4n) is 3.90. The van der Waals surface area contributed by atoms with Gasteiger partial charge in [-0.2, -0.15) is 0 Å². The summed E-state index contributed by atoms with van der Waals surface area (Å²) in [5.74, 6) is 0.724. The summed E-state index contributed by atoms with van der Waals surface area (Å²) in [5.41, 5.74) is 0.855. The number of benzene rings is 1. The van der Waals surface area contributed by atoms with E-state index in [1.54, 1.807) is 6.92 Å². The number of hydrogen-bond acceptors (Lipinski definition) is 6. The summed E-state index contributed by atoms with van der Waals surface area (Å²) in [6, 6.07) is 5.81. The summed E-state index contributed by atoms with van der Waals surface area (Å²) < 4.78 is 43.7. The first kappa shape index (κ1) is 21.9. The van der Waals surface area contributed by atoms with Crippen molar-refractivity contribution in [1.29, 1.82) is 0 Å². The Balaban J connectivity index is 1.51. The SMILES string of the molecule is CCOC(=O)C1CCCN(S(=O)(=O)CCCOc2cccc3c2OC(C)(C)C3)C1. The second kappa shape index (κ2) is 8.92. The summed E-state index contributed by atoms with van der Waals surface area (Å²) in [5, 5.41) is 0. The van der Waals surface area contributed by atoms with Crippen molar-refractivity contribution in [2.45, 2.75) is 52.1 Å². The van der Waals surface area contributed by atoms with Crippen molar-refractivity contribution in [1.82, 2.24) is 4.31 Å². The van der Waals surface area contributed by atoms with Gasteiger partial charge in [0.25, 0.3) is 0 Å². The molecule has 2 aliphatic heterocycles. The van der Waals surface area contributed by atoms with Crippen molar-refractivity contribution < 1.29 is 27.4 Å². The fourth-order valence-corrected chi connectivity index (χ4v) is 5.46. The maximum Gasteiger partial charge on any atom is 0.310 e. The maximum atomic E-state index is 12.7. The Morgan fingerprint density at radius 1 is 1.34 bits per heavy atom. The van der Waals surface area contributed by atoms with Crippen LogP contribution in [0.3, 0.4) is 0 Å². The number of ether oxygens (including phenoxy) is 3. The maximum absolute atomic E-state index is 12.7. The molecule has 162 valence electrons. The van der Waals surface area contributed by atoms with Crippen LogP contribution in [0.1, 0.15) is 45.6 Å². The Morgan fingerprint density at radius 3 is 2.90 bits per heavy atom. The zero-order valence-electron chi connectivity index (χ0n) is 17.5. The lowest BCUT2D eigenvalue weighted by molar-refractivity contribution is -0.149. The monoisotopic (exact) mass is 425 g/mol. The molecule has 0 saturated carbocycles. The number of piperidine rings is 1. The second-order valence-electron chi connectivity index (χ2n) is 8.25. The first-order chi connectivity index (χ1) is 13.7. The molecule has 1 aromatic rings. The molecule has 8 heteroatoms. The lowest BCUT2D eigenvalue weighted by Gasteiger charge is -2.30. The van der Waals surface area contributed by atoms with Gasteiger partial charge >= 0.3 is 5.97 Å². The first-order valence-electron chi connectivity index (χ1n) is 10.3. The number of rotatable bonds is 8. The van der Waals surface area contributed by atoms with Crippen molar-refractivity contribution in [2.75, 3.05) is 32.1 Å². The quantitative estimate of drug-likeness (QED) is 0.471. The van der Waals surface area contributed by atoms with E-state index < -0.39 is 10.0 Å². The number of fused-ring (bicyclic) bond motifs is 1. The lowest BCUT2D eigenvalue weighted by Crippen LogP contribution is -2.43. The molecule has 1 fully saturated rings. The Kier molecular flexibility index (Phi) is 6.73. The highest BCUT2D eigenvalue weighted by Gasteiger charge is 2.34. The molecule has 1 aromatic carbocycles. The number of sulfonamides is 1. The van der Waals surface area contributed by atoms with Gasteiger partial charge in [-0.05, 0) is 46.1 Å². The molecule has 0 radical (unpaired) electrons. The lowest BCUT2D eigenvalue weighted by atomic mass is 10.0. The third kappa shape index (κ3) is 5.42. The van der Waals surface area contributed by atoms with Crippen LogP contribution in [0.4, 0.5) is 0 Å². The third-order valence-corrected chi connectivity index (χ3v) is 7.18. The first-order valence-corrected chi connectivity index (χ1v) is 11.9. The van der Waals surface area contributed by atoms with E-state index in [2.05, 4.69) is 0 Å². The van der Waals surface area contributed by atoms with E-state index >= 15 is 0 Å². The number of hydrogen-bond donors (Lipinski definition) is 0. The zero-order chi connectivity index (χ0) is 21.1. The van der Waals surface area contributed by atoms with Crippen molar-refractivity contribution in [3.63, 3.8) is 0 Å². The minimum absolute atomic E-state index is 0.0100. The Labute approximate surface area is 173 Å². The summed E-state index contributed by atoms with van der Waals surface area (Å²) in [4.78, 5) is 12.0. The normalized spacial score (nSPS) is 21.3. The molecule has 0 aromatic heterocycles. The third-order valence-electron chi connectivity index (χ3n) is 5.26. The van der Waals surface area contributed by atoms with E-state index in [-0.39, 0.29) is 36.4 Å². The van der Waals surface area contributed by atoms with Gasteiger partial charge in [-0.3, -0.25) is 4.79 Å². The van der Waals surface area contributed by atoms with Crippen LogP contribution < -0.4 is 9.47 Å². The minimum atomic E-state index is -3.43. The number of carbonyl (C=O) groups excluding carboxylic acids is 1. The molecule has 3 rings (SSSR count). The molecular formula is C21H31NO6S. The topological polar surface area (TPSA) is 82.1 Å². The van der Waals surface area contributed by atoms with Crippen LogP contribution in [-0.2, 0) is 26.0 Å². The highest BCUT2D eigenvalue weighted by atomic mass is 32.2. The van der Waals surface area contributed by atoms with Gasteiger partial charge in [-0.15, -0.1) is 0 Å². The molecule has 0 spiro atoms. The van der Waals surface area contributed by atoms with Crippen molar-refractivity contribution in [3.8, 4) is 11.5 Å². The van der Waals surface area contributed by atoms with Gasteiger partial charge in [-0.25, -0.2) is 12.7 Å². The highest BCUT2D eigenvalue weighted by Crippen LogP contribution is 2.41. The van der Waals surface area contributed by atoms with E-state index in [1.165, 1.54) is 4.31 Å². The van der Waals surface area contributed by atoms with E-state index in [0.717, 1.165) is 17.7 Å². The Hall–Kier alpha value is -1.80. The molecule has 2 aliphatic rings. The van der Waals surface area contributed by atoms with Gasteiger partial charge in [0.05, 0.1) is 24.9 Å². The van der Waals surface area contributed by atoms with Gasteiger partial charge < -0.3 is 14.2 Å². The molecular weight excluding hydrogens is 394 g/mol. The van der Waals surface area contributed by atoms with E-state index in [1.807, 2.05) is 32.0 Å². The average molecular weight is 426 g/mol. The van der Waals surface area contributed by atoms with Crippen LogP contribution in [0.15, 0.2) is 18.2 Å². The molecule has 0 N–H and O–H groups in total. The van der Waals surface area contributed by atoms with Crippen molar-refractivity contribution in [3.05, 3.63) is 23.8 Å². The number of esters is 1. The van der Waals surface area contributed by atoms with E-state index in [0.29, 0.717) is 38.2 Å². The van der Waals surface area contributed by atoms with Gasteiger partial charge in [0.2, 0.25) is 10.0 Å².